The maximum Gasteiger partial charge on any atom is 0.270 e. The number of hydrogen-bond donors (Lipinski definition) is 1. The largest absolute Gasteiger partial charge is 0.352 e. The standard InChI is InChI=1S/C16H24N4O2/c1-12-3-6-14(18(12)2)16(22)20-9-7-19(8-10-20)11-15(21)17-13-4-5-13/h3,6,13H,4-5,7-11H2,1-2H3,(H,17,21). The number of aryl methyl sites for hydroxylation is 1. The van der Waals surface area contributed by atoms with Gasteiger partial charge in [-0.05, 0) is 31.9 Å². The summed E-state index contributed by atoms with van der Waals surface area (Å²) >= 11 is 0. The number of hydrogen-bond acceptors (Lipinski definition) is 3. The minimum Gasteiger partial charge on any atom is -0.352 e. The Bertz CT molecular complexity index is 569. The van der Waals surface area contributed by atoms with Crippen molar-refractivity contribution in [3.8, 4) is 0 Å². The lowest BCUT2D eigenvalue weighted by molar-refractivity contribution is -0.122. The van der Waals surface area contributed by atoms with E-state index in [0.717, 1.165) is 37.3 Å². The van der Waals surface area contributed by atoms with Crippen LogP contribution >= 0.6 is 0 Å². The third-order valence-corrected chi connectivity index (χ3v) is 4.56. The average molecular weight is 304 g/mol. The van der Waals surface area contributed by atoms with Crippen LogP contribution in [0.1, 0.15) is 29.0 Å². The van der Waals surface area contributed by atoms with Crippen LogP contribution < -0.4 is 5.32 Å². The highest BCUT2D eigenvalue weighted by Crippen LogP contribution is 2.18. The topological polar surface area (TPSA) is 57.6 Å². The van der Waals surface area contributed by atoms with E-state index in [1.54, 1.807) is 0 Å². The van der Waals surface area contributed by atoms with E-state index >= 15 is 0 Å². The van der Waals surface area contributed by atoms with Crippen LogP contribution in [0.25, 0.3) is 0 Å². The molecule has 0 radical (unpaired) electrons. The second kappa shape index (κ2) is 6.12. The summed E-state index contributed by atoms with van der Waals surface area (Å²) in [6.45, 7) is 5.31. The molecule has 0 aromatic carbocycles. The molecule has 22 heavy (non-hydrogen) atoms. The molecule has 1 aromatic heterocycles. The molecule has 3 rings (SSSR count). The van der Waals surface area contributed by atoms with Gasteiger partial charge in [-0.3, -0.25) is 14.5 Å². The molecule has 1 aliphatic carbocycles. The number of amides is 2. The van der Waals surface area contributed by atoms with E-state index < -0.39 is 0 Å². The van der Waals surface area contributed by atoms with Crippen LogP contribution in [-0.2, 0) is 11.8 Å². The Labute approximate surface area is 131 Å². The highest BCUT2D eigenvalue weighted by molar-refractivity contribution is 5.93. The van der Waals surface area contributed by atoms with E-state index in [9.17, 15) is 9.59 Å². The van der Waals surface area contributed by atoms with Crippen molar-refractivity contribution >= 4 is 11.8 Å². The minimum atomic E-state index is 0.0812. The van der Waals surface area contributed by atoms with Crippen molar-refractivity contribution in [2.75, 3.05) is 32.7 Å². The van der Waals surface area contributed by atoms with E-state index in [1.807, 2.05) is 35.6 Å². The van der Waals surface area contributed by atoms with Crippen LogP contribution in [0.4, 0.5) is 0 Å². The highest BCUT2D eigenvalue weighted by atomic mass is 16.2. The maximum atomic E-state index is 12.5. The van der Waals surface area contributed by atoms with Crippen molar-refractivity contribution in [2.24, 2.45) is 7.05 Å². The van der Waals surface area contributed by atoms with Crippen LogP contribution in [0.2, 0.25) is 0 Å². The van der Waals surface area contributed by atoms with Crippen LogP contribution in [-0.4, -0.2) is 64.9 Å². The second-order valence-corrected chi connectivity index (χ2v) is 6.33. The molecular weight excluding hydrogens is 280 g/mol. The molecule has 6 nitrogen and oxygen atoms in total. The van der Waals surface area contributed by atoms with Crippen LogP contribution in [0.3, 0.4) is 0 Å². The first-order chi connectivity index (χ1) is 10.5. The first kappa shape index (κ1) is 15.1. The summed E-state index contributed by atoms with van der Waals surface area (Å²) in [6.07, 6.45) is 2.23. The monoisotopic (exact) mass is 304 g/mol. The number of carbonyl (C=O) groups excluding carboxylic acids is 2. The van der Waals surface area contributed by atoms with Gasteiger partial charge in [0.05, 0.1) is 6.54 Å². The second-order valence-electron chi connectivity index (χ2n) is 6.33. The van der Waals surface area contributed by atoms with Gasteiger partial charge in [0.2, 0.25) is 5.91 Å². The first-order valence-corrected chi connectivity index (χ1v) is 7.98. The molecule has 1 saturated carbocycles. The predicted octanol–water partition coefficient (Wildman–Crippen LogP) is 0.370. The SMILES string of the molecule is Cc1ccc(C(=O)N2CCN(CC(=O)NC3CC3)CC2)n1C. The lowest BCUT2D eigenvalue weighted by atomic mass is 10.2. The predicted molar refractivity (Wildman–Crippen MR) is 83.7 cm³/mol. The first-order valence-electron chi connectivity index (χ1n) is 7.98. The zero-order valence-electron chi connectivity index (χ0n) is 13.3. The Morgan fingerprint density at radius 2 is 1.86 bits per heavy atom. The van der Waals surface area contributed by atoms with Gasteiger partial charge < -0.3 is 14.8 Å². The fourth-order valence-corrected chi connectivity index (χ4v) is 2.80. The Balaban J connectivity index is 1.49. The van der Waals surface area contributed by atoms with Gasteiger partial charge >= 0.3 is 0 Å². The summed E-state index contributed by atoms with van der Waals surface area (Å²) in [7, 11) is 1.92. The number of piperazine rings is 1. The third kappa shape index (κ3) is 3.32. The zero-order valence-corrected chi connectivity index (χ0v) is 13.3. The summed E-state index contributed by atoms with van der Waals surface area (Å²) in [5.41, 5.74) is 1.82. The molecule has 6 heteroatoms. The molecule has 2 heterocycles. The Morgan fingerprint density at radius 1 is 1.18 bits per heavy atom. The number of aromatic nitrogens is 1. The van der Waals surface area contributed by atoms with E-state index in [1.165, 1.54) is 0 Å². The van der Waals surface area contributed by atoms with Crippen molar-refractivity contribution < 1.29 is 9.59 Å². The molecule has 2 fully saturated rings. The lowest BCUT2D eigenvalue weighted by Gasteiger charge is -2.34. The highest BCUT2D eigenvalue weighted by Gasteiger charge is 2.27. The minimum absolute atomic E-state index is 0.0812. The lowest BCUT2D eigenvalue weighted by Crippen LogP contribution is -2.51. The number of carbonyl (C=O) groups is 2. The van der Waals surface area contributed by atoms with Crippen molar-refractivity contribution in [2.45, 2.75) is 25.8 Å². The van der Waals surface area contributed by atoms with Gasteiger partial charge in [0.1, 0.15) is 5.69 Å². The maximum absolute atomic E-state index is 12.5. The Kier molecular flexibility index (Phi) is 4.20. The number of nitrogens with one attached hydrogen (secondary N) is 1. The van der Waals surface area contributed by atoms with Gasteiger partial charge in [-0.15, -0.1) is 0 Å². The smallest absolute Gasteiger partial charge is 0.270 e. The summed E-state index contributed by atoms with van der Waals surface area (Å²) in [4.78, 5) is 28.3. The van der Waals surface area contributed by atoms with Gasteiger partial charge in [0, 0.05) is 45.0 Å². The summed E-state index contributed by atoms with van der Waals surface area (Å²) < 4.78 is 1.93. The van der Waals surface area contributed by atoms with Crippen molar-refractivity contribution in [1.29, 1.82) is 0 Å². The molecule has 0 atom stereocenters. The average Bonchev–Trinajstić information content (AvgIpc) is 3.25. The molecule has 2 amide bonds. The summed E-state index contributed by atoms with van der Waals surface area (Å²) in [5.74, 6) is 0.193. The van der Waals surface area contributed by atoms with Crippen LogP contribution in [0.15, 0.2) is 12.1 Å². The Hall–Kier alpha value is -1.82. The zero-order chi connectivity index (χ0) is 15.7. The Morgan fingerprint density at radius 3 is 2.41 bits per heavy atom. The van der Waals surface area contributed by atoms with Crippen molar-refractivity contribution in [3.05, 3.63) is 23.5 Å². The molecule has 1 aromatic rings. The van der Waals surface area contributed by atoms with E-state index in [-0.39, 0.29) is 11.8 Å². The summed E-state index contributed by atoms with van der Waals surface area (Å²) in [6, 6.07) is 4.26. The summed E-state index contributed by atoms with van der Waals surface area (Å²) in [5, 5.41) is 3.01. The van der Waals surface area contributed by atoms with Gasteiger partial charge in [-0.2, -0.15) is 0 Å². The van der Waals surface area contributed by atoms with E-state index in [0.29, 0.717) is 25.7 Å². The van der Waals surface area contributed by atoms with E-state index in [4.69, 9.17) is 0 Å². The molecule has 1 saturated heterocycles. The van der Waals surface area contributed by atoms with Crippen molar-refractivity contribution in [3.63, 3.8) is 0 Å². The third-order valence-electron chi connectivity index (χ3n) is 4.56. The van der Waals surface area contributed by atoms with Gasteiger partial charge in [-0.1, -0.05) is 0 Å². The van der Waals surface area contributed by atoms with Crippen LogP contribution in [0, 0.1) is 6.92 Å². The van der Waals surface area contributed by atoms with Gasteiger partial charge in [0.15, 0.2) is 0 Å². The molecule has 1 N–H and O–H groups in total. The van der Waals surface area contributed by atoms with Crippen LogP contribution in [0.5, 0.6) is 0 Å². The van der Waals surface area contributed by atoms with E-state index in [2.05, 4.69) is 10.2 Å². The molecule has 0 bridgehead atoms. The van der Waals surface area contributed by atoms with Gasteiger partial charge in [0.25, 0.3) is 5.91 Å². The fraction of sp³-hybridized carbons (Fsp3) is 0.625. The molecular formula is C16H24N4O2. The number of rotatable bonds is 4. The molecule has 1 aliphatic heterocycles. The molecule has 2 aliphatic rings. The molecule has 0 spiro atoms. The number of nitrogens with zero attached hydrogens (tertiary/aromatic N) is 3. The normalized spacial score (nSPS) is 19.3. The molecule has 120 valence electrons. The fourth-order valence-electron chi connectivity index (χ4n) is 2.80. The van der Waals surface area contributed by atoms with Crippen molar-refractivity contribution in [1.82, 2.24) is 19.7 Å². The molecule has 0 unspecified atom stereocenters. The van der Waals surface area contributed by atoms with Gasteiger partial charge in [-0.25, -0.2) is 0 Å². The quantitative estimate of drug-likeness (QED) is 0.874.